The third kappa shape index (κ3) is 1.83. The number of hydrogen-bond acceptors (Lipinski definition) is 2. The largest absolute Gasteiger partial charge is 0.456 e. The molecule has 4 nitrogen and oxygen atoms in total. The Labute approximate surface area is 106 Å². The van der Waals surface area contributed by atoms with Crippen LogP contribution in [0.1, 0.15) is 40.9 Å². The molecule has 1 N–H and O–H groups in total. The van der Waals surface area contributed by atoms with Crippen molar-refractivity contribution in [2.24, 2.45) is 0 Å². The third-order valence-corrected chi connectivity index (χ3v) is 3.45. The van der Waals surface area contributed by atoms with Gasteiger partial charge < -0.3 is 14.3 Å². The normalized spacial score (nSPS) is 19.4. The number of nitrogens with zero attached hydrogens (tertiary/aromatic N) is 1. The number of aromatic nitrogens is 1. The number of hydrogen-bond donors (Lipinski definition) is 1. The highest BCUT2D eigenvalue weighted by Gasteiger charge is 2.32. The van der Waals surface area contributed by atoms with Gasteiger partial charge in [0.25, 0.3) is 5.91 Å². The first-order chi connectivity index (χ1) is 8.75. The van der Waals surface area contributed by atoms with E-state index in [4.69, 9.17) is 4.42 Å². The summed E-state index contributed by atoms with van der Waals surface area (Å²) < 4.78 is 5.42. The van der Waals surface area contributed by atoms with E-state index in [9.17, 15) is 4.79 Å². The first-order valence-corrected chi connectivity index (χ1v) is 6.26. The summed E-state index contributed by atoms with van der Waals surface area (Å²) in [5.41, 5.74) is 1.10. The van der Waals surface area contributed by atoms with E-state index in [1.54, 1.807) is 6.07 Å². The number of carbonyl (C=O) groups excluding carboxylic acids is 1. The van der Waals surface area contributed by atoms with Crippen LogP contribution in [-0.2, 0) is 0 Å². The van der Waals surface area contributed by atoms with Gasteiger partial charge in [-0.3, -0.25) is 4.79 Å². The first kappa shape index (κ1) is 11.1. The molecule has 1 amide bonds. The van der Waals surface area contributed by atoms with Crippen LogP contribution in [-0.4, -0.2) is 22.3 Å². The van der Waals surface area contributed by atoms with Gasteiger partial charge in [0.05, 0.1) is 6.04 Å². The number of furan rings is 1. The lowest BCUT2D eigenvalue weighted by atomic mass is 10.1. The van der Waals surface area contributed by atoms with Gasteiger partial charge in [0, 0.05) is 18.4 Å². The van der Waals surface area contributed by atoms with Gasteiger partial charge in [-0.2, -0.15) is 0 Å². The molecule has 3 rings (SSSR count). The van der Waals surface area contributed by atoms with Gasteiger partial charge in [0.2, 0.25) is 0 Å². The standard InChI is InChI=1S/C14H16N2O2/c1-10-6-7-13(18-10)14(17)16-9-3-5-12(16)11-4-2-8-15-11/h2,4,6-8,12,15H,3,5,9H2,1H3. The highest BCUT2D eigenvalue weighted by Crippen LogP contribution is 2.32. The molecule has 1 fully saturated rings. The summed E-state index contributed by atoms with van der Waals surface area (Å²) in [5.74, 6) is 1.19. The molecule has 1 atom stereocenters. The first-order valence-electron chi connectivity index (χ1n) is 6.26. The molecule has 2 aromatic heterocycles. The summed E-state index contributed by atoms with van der Waals surface area (Å²) in [6.07, 6.45) is 3.94. The second-order valence-electron chi connectivity index (χ2n) is 4.69. The molecule has 2 aromatic rings. The van der Waals surface area contributed by atoms with Crippen LogP contribution >= 0.6 is 0 Å². The minimum atomic E-state index is -0.0137. The molecule has 1 unspecified atom stereocenters. The Kier molecular flexibility index (Phi) is 2.70. The fourth-order valence-corrected chi connectivity index (χ4v) is 2.58. The predicted molar refractivity (Wildman–Crippen MR) is 67.2 cm³/mol. The lowest BCUT2D eigenvalue weighted by molar-refractivity contribution is 0.0699. The highest BCUT2D eigenvalue weighted by atomic mass is 16.3. The Balaban J connectivity index is 1.85. The molecule has 18 heavy (non-hydrogen) atoms. The van der Waals surface area contributed by atoms with Gasteiger partial charge >= 0.3 is 0 Å². The molecule has 0 aromatic carbocycles. The molecule has 0 bridgehead atoms. The van der Waals surface area contributed by atoms with Crippen LogP contribution in [0.15, 0.2) is 34.9 Å². The molecule has 3 heterocycles. The van der Waals surface area contributed by atoms with E-state index in [0.29, 0.717) is 5.76 Å². The van der Waals surface area contributed by atoms with E-state index in [0.717, 1.165) is 30.8 Å². The van der Waals surface area contributed by atoms with Gasteiger partial charge in [-0.15, -0.1) is 0 Å². The van der Waals surface area contributed by atoms with Crippen molar-refractivity contribution in [3.8, 4) is 0 Å². The summed E-state index contributed by atoms with van der Waals surface area (Å²) >= 11 is 0. The molecular weight excluding hydrogens is 228 g/mol. The number of rotatable bonds is 2. The summed E-state index contributed by atoms with van der Waals surface area (Å²) in [6, 6.07) is 7.73. The monoisotopic (exact) mass is 244 g/mol. The topological polar surface area (TPSA) is 49.2 Å². The molecule has 0 saturated carbocycles. The summed E-state index contributed by atoms with van der Waals surface area (Å²) in [4.78, 5) is 17.5. The van der Waals surface area contributed by atoms with Crippen molar-refractivity contribution in [3.63, 3.8) is 0 Å². The Bertz CT molecular complexity index is 542. The average molecular weight is 244 g/mol. The Hall–Kier alpha value is -1.97. The zero-order chi connectivity index (χ0) is 12.5. The van der Waals surface area contributed by atoms with Gasteiger partial charge in [0.1, 0.15) is 5.76 Å². The van der Waals surface area contributed by atoms with Crippen molar-refractivity contribution in [2.45, 2.75) is 25.8 Å². The summed E-state index contributed by atoms with van der Waals surface area (Å²) in [7, 11) is 0. The Morgan fingerprint density at radius 1 is 1.44 bits per heavy atom. The molecular formula is C14H16N2O2. The highest BCUT2D eigenvalue weighted by molar-refractivity contribution is 5.92. The number of H-pyrrole nitrogens is 1. The quantitative estimate of drug-likeness (QED) is 0.883. The lowest BCUT2D eigenvalue weighted by Gasteiger charge is -2.22. The van der Waals surface area contributed by atoms with E-state index < -0.39 is 0 Å². The number of carbonyl (C=O) groups is 1. The summed E-state index contributed by atoms with van der Waals surface area (Å²) in [6.45, 7) is 2.64. The maximum absolute atomic E-state index is 12.4. The lowest BCUT2D eigenvalue weighted by Crippen LogP contribution is -2.30. The van der Waals surface area contributed by atoms with E-state index >= 15 is 0 Å². The number of amides is 1. The van der Waals surface area contributed by atoms with Gasteiger partial charge in [-0.25, -0.2) is 0 Å². The summed E-state index contributed by atoms with van der Waals surface area (Å²) in [5, 5.41) is 0. The molecule has 1 aliphatic heterocycles. The Morgan fingerprint density at radius 3 is 3.00 bits per heavy atom. The van der Waals surface area contributed by atoms with Crippen molar-refractivity contribution in [2.75, 3.05) is 6.54 Å². The molecule has 1 aliphatic rings. The van der Waals surface area contributed by atoms with Crippen LogP contribution in [0.5, 0.6) is 0 Å². The van der Waals surface area contributed by atoms with Crippen molar-refractivity contribution >= 4 is 5.91 Å². The predicted octanol–water partition coefficient (Wildman–Crippen LogP) is 2.89. The number of nitrogens with one attached hydrogen (secondary N) is 1. The molecule has 94 valence electrons. The molecule has 0 aliphatic carbocycles. The molecule has 1 saturated heterocycles. The minimum Gasteiger partial charge on any atom is -0.456 e. The van der Waals surface area contributed by atoms with Crippen molar-refractivity contribution < 1.29 is 9.21 Å². The third-order valence-electron chi connectivity index (χ3n) is 3.45. The maximum atomic E-state index is 12.4. The molecule has 0 spiro atoms. The zero-order valence-corrected chi connectivity index (χ0v) is 10.3. The van der Waals surface area contributed by atoms with E-state index in [1.807, 2.05) is 36.2 Å². The zero-order valence-electron chi connectivity index (χ0n) is 10.3. The SMILES string of the molecule is Cc1ccc(C(=O)N2CCCC2c2ccc[nH]2)o1. The van der Waals surface area contributed by atoms with Crippen LogP contribution in [0.25, 0.3) is 0 Å². The fourth-order valence-electron chi connectivity index (χ4n) is 2.58. The van der Waals surface area contributed by atoms with Crippen LogP contribution in [0.2, 0.25) is 0 Å². The van der Waals surface area contributed by atoms with E-state index in [1.165, 1.54) is 0 Å². The second-order valence-corrected chi connectivity index (χ2v) is 4.69. The smallest absolute Gasteiger partial charge is 0.290 e. The number of aryl methyl sites for hydroxylation is 1. The average Bonchev–Trinajstić information content (AvgIpc) is 3.08. The van der Waals surface area contributed by atoms with Crippen molar-refractivity contribution in [3.05, 3.63) is 47.7 Å². The number of aromatic amines is 1. The van der Waals surface area contributed by atoms with E-state index in [-0.39, 0.29) is 11.9 Å². The van der Waals surface area contributed by atoms with Crippen LogP contribution in [0.3, 0.4) is 0 Å². The molecule has 0 radical (unpaired) electrons. The van der Waals surface area contributed by atoms with Crippen LogP contribution < -0.4 is 0 Å². The maximum Gasteiger partial charge on any atom is 0.290 e. The number of likely N-dealkylation sites (tertiary alicyclic amines) is 1. The second kappa shape index (κ2) is 4.37. The van der Waals surface area contributed by atoms with Gasteiger partial charge in [0.15, 0.2) is 5.76 Å². The van der Waals surface area contributed by atoms with E-state index in [2.05, 4.69) is 4.98 Å². The van der Waals surface area contributed by atoms with Crippen molar-refractivity contribution in [1.82, 2.24) is 9.88 Å². The fraction of sp³-hybridized carbons (Fsp3) is 0.357. The van der Waals surface area contributed by atoms with Crippen LogP contribution in [0.4, 0.5) is 0 Å². The van der Waals surface area contributed by atoms with Gasteiger partial charge in [-0.1, -0.05) is 0 Å². The van der Waals surface area contributed by atoms with Crippen molar-refractivity contribution in [1.29, 1.82) is 0 Å². The minimum absolute atomic E-state index is 0.0137. The molecule has 4 heteroatoms. The Morgan fingerprint density at radius 2 is 2.33 bits per heavy atom. The van der Waals surface area contributed by atoms with Gasteiger partial charge in [-0.05, 0) is 44.0 Å². The van der Waals surface area contributed by atoms with Crippen LogP contribution in [0, 0.1) is 6.92 Å².